The Hall–Kier alpha value is -3.27. The Labute approximate surface area is 201 Å². The van der Waals surface area contributed by atoms with E-state index in [0.29, 0.717) is 30.3 Å². The Balaban J connectivity index is 1.41. The number of benzene rings is 1. The van der Waals surface area contributed by atoms with Gasteiger partial charge in [-0.2, -0.15) is 13.2 Å². The monoisotopic (exact) mass is 488 g/mol. The summed E-state index contributed by atoms with van der Waals surface area (Å²) < 4.78 is 52.1. The first-order valence-electron chi connectivity index (χ1n) is 11.6. The predicted octanol–water partition coefficient (Wildman–Crippen LogP) is 4.04. The van der Waals surface area contributed by atoms with E-state index in [1.54, 1.807) is 12.3 Å². The van der Waals surface area contributed by atoms with E-state index in [9.17, 15) is 18.0 Å². The number of alkyl halides is 3. The fourth-order valence-electron chi connectivity index (χ4n) is 4.95. The molecule has 35 heavy (non-hydrogen) atoms. The van der Waals surface area contributed by atoms with Crippen LogP contribution in [0.2, 0.25) is 0 Å². The molecule has 2 aliphatic rings. The highest BCUT2D eigenvalue weighted by Gasteiger charge is 2.37. The molecule has 0 aliphatic carbocycles. The maximum absolute atomic E-state index is 12.9. The third-order valence-corrected chi connectivity index (χ3v) is 6.82. The number of imidazole rings is 1. The number of hydrogen-bond acceptors (Lipinski definition) is 5. The largest absolute Gasteiger partial charge is 0.496 e. The molecule has 7 nitrogen and oxygen atoms in total. The number of amides is 1. The van der Waals surface area contributed by atoms with Gasteiger partial charge in [0.2, 0.25) is 0 Å². The zero-order valence-electron chi connectivity index (χ0n) is 19.6. The van der Waals surface area contributed by atoms with Crippen molar-refractivity contribution >= 4 is 11.6 Å². The number of carbonyl (C=O) groups excluding carboxylic acids is 1. The van der Waals surface area contributed by atoms with Crippen molar-refractivity contribution in [3.8, 4) is 22.8 Å². The van der Waals surface area contributed by atoms with Crippen molar-refractivity contribution in [2.45, 2.75) is 31.5 Å². The Bertz CT molecular complexity index is 1240. The molecule has 1 aromatic carbocycles. The fraction of sp³-hybridized carbons (Fsp3) is 0.440. The molecule has 1 amide bonds. The van der Waals surface area contributed by atoms with Gasteiger partial charge in [-0.25, -0.2) is 4.98 Å². The van der Waals surface area contributed by atoms with Crippen LogP contribution in [-0.2, 0) is 6.42 Å². The van der Waals surface area contributed by atoms with Gasteiger partial charge in [-0.15, -0.1) is 0 Å². The second-order valence-electron chi connectivity index (χ2n) is 9.13. The van der Waals surface area contributed by atoms with Crippen LogP contribution in [0.25, 0.3) is 16.9 Å². The summed E-state index contributed by atoms with van der Waals surface area (Å²) in [6.07, 6.45) is 1.78. The molecule has 2 aliphatic heterocycles. The van der Waals surface area contributed by atoms with E-state index < -0.39 is 18.6 Å². The van der Waals surface area contributed by atoms with Crippen molar-refractivity contribution in [2.75, 3.05) is 40.4 Å². The summed E-state index contributed by atoms with van der Waals surface area (Å²) in [6.45, 7) is 0.446. The number of likely N-dealkylation sites (N-methyl/N-ethyl adjacent to an activating group) is 1. The second-order valence-corrected chi connectivity index (χ2v) is 9.13. The van der Waals surface area contributed by atoms with Crippen LogP contribution in [0.3, 0.4) is 0 Å². The van der Waals surface area contributed by atoms with Crippen LogP contribution in [0.1, 0.15) is 28.8 Å². The van der Waals surface area contributed by atoms with Gasteiger partial charge in [0.05, 0.1) is 24.6 Å². The van der Waals surface area contributed by atoms with Gasteiger partial charge in [0.1, 0.15) is 30.3 Å². The normalized spacial score (nSPS) is 18.8. The number of methoxy groups -OCH3 is 1. The number of carbonyl (C=O) groups is 1. The number of rotatable bonds is 6. The Morgan fingerprint density at radius 3 is 2.74 bits per heavy atom. The topological polar surface area (TPSA) is 59.3 Å². The average molecular weight is 489 g/mol. The number of pyridine rings is 1. The summed E-state index contributed by atoms with van der Waals surface area (Å²) in [5.41, 5.74) is 3.12. The van der Waals surface area contributed by atoms with Crippen LogP contribution in [0.5, 0.6) is 11.5 Å². The first-order chi connectivity index (χ1) is 16.7. The summed E-state index contributed by atoms with van der Waals surface area (Å²) in [6, 6.07) is 7.70. The molecule has 10 heteroatoms. The molecule has 0 unspecified atom stereocenters. The third-order valence-electron chi connectivity index (χ3n) is 6.82. The van der Waals surface area contributed by atoms with E-state index in [4.69, 9.17) is 9.47 Å². The van der Waals surface area contributed by atoms with Crippen molar-refractivity contribution in [1.29, 1.82) is 0 Å². The van der Waals surface area contributed by atoms with Crippen LogP contribution in [0, 0.1) is 0 Å². The predicted molar refractivity (Wildman–Crippen MR) is 124 cm³/mol. The van der Waals surface area contributed by atoms with Crippen molar-refractivity contribution in [3.05, 3.63) is 47.8 Å². The van der Waals surface area contributed by atoms with Gasteiger partial charge in [-0.1, -0.05) is 0 Å². The van der Waals surface area contributed by atoms with Gasteiger partial charge in [0.25, 0.3) is 5.91 Å². The third kappa shape index (κ3) is 4.67. The van der Waals surface area contributed by atoms with Gasteiger partial charge >= 0.3 is 6.18 Å². The zero-order valence-corrected chi connectivity index (χ0v) is 19.6. The average Bonchev–Trinajstić information content (AvgIpc) is 3.43. The van der Waals surface area contributed by atoms with Crippen molar-refractivity contribution in [3.63, 3.8) is 0 Å². The lowest BCUT2D eigenvalue weighted by Crippen LogP contribution is -2.43. The van der Waals surface area contributed by atoms with Gasteiger partial charge in [0, 0.05) is 30.4 Å². The molecule has 3 aromatic rings. The van der Waals surface area contributed by atoms with E-state index >= 15 is 0 Å². The molecule has 1 atom stereocenters. The summed E-state index contributed by atoms with van der Waals surface area (Å²) in [7, 11) is 3.52. The molecule has 0 spiro atoms. The number of ether oxygens (including phenoxy) is 2. The quantitative estimate of drug-likeness (QED) is 0.524. The molecule has 0 saturated carbocycles. The summed E-state index contributed by atoms with van der Waals surface area (Å²) >= 11 is 0. The van der Waals surface area contributed by atoms with Crippen LogP contribution < -0.4 is 9.47 Å². The second kappa shape index (κ2) is 9.07. The van der Waals surface area contributed by atoms with E-state index in [-0.39, 0.29) is 17.9 Å². The minimum absolute atomic E-state index is 0.00197. The molecule has 4 heterocycles. The smallest absolute Gasteiger partial charge is 0.406 e. The first kappa shape index (κ1) is 23.5. The number of fused-ring (bicyclic) bond motifs is 2. The highest BCUT2D eigenvalue weighted by molar-refractivity contribution is 6.00. The highest BCUT2D eigenvalue weighted by atomic mass is 19.4. The molecule has 2 aromatic heterocycles. The standard InChI is InChI=1S/C25H27F3N4O3/c1-30-7-3-4-18(30)14-35-19-6-9-32-20(13-29-22(32)12-19)17-10-16-5-8-31(15-25(26,27)28)24(33)23(16)21(11-17)34-2/h6,9-13,18H,3-5,7-8,14-15H2,1-2H3/t18-/m1/s1. The highest BCUT2D eigenvalue weighted by Crippen LogP contribution is 2.35. The summed E-state index contributed by atoms with van der Waals surface area (Å²) in [5, 5.41) is 0. The molecular weight excluding hydrogens is 461 g/mol. The fourth-order valence-corrected chi connectivity index (χ4v) is 4.95. The number of aromatic nitrogens is 2. The minimum Gasteiger partial charge on any atom is -0.496 e. The summed E-state index contributed by atoms with van der Waals surface area (Å²) in [5.74, 6) is 0.332. The summed E-state index contributed by atoms with van der Waals surface area (Å²) in [4.78, 5) is 20.5. The van der Waals surface area contributed by atoms with Gasteiger partial charge in [0.15, 0.2) is 0 Å². The molecule has 0 bridgehead atoms. The Morgan fingerprint density at radius 2 is 2.03 bits per heavy atom. The van der Waals surface area contributed by atoms with Crippen LogP contribution in [-0.4, -0.2) is 77.7 Å². The maximum atomic E-state index is 12.9. The van der Waals surface area contributed by atoms with Gasteiger partial charge < -0.3 is 19.3 Å². The minimum atomic E-state index is -4.45. The molecular formula is C25H27F3N4O3. The van der Waals surface area contributed by atoms with E-state index in [0.717, 1.165) is 34.9 Å². The lowest BCUT2D eigenvalue weighted by molar-refractivity contribution is -0.141. The number of nitrogens with zero attached hydrogens (tertiary/aromatic N) is 4. The number of hydrogen-bond donors (Lipinski definition) is 0. The van der Waals surface area contributed by atoms with E-state index in [1.165, 1.54) is 13.5 Å². The van der Waals surface area contributed by atoms with Gasteiger partial charge in [-0.05, 0) is 56.6 Å². The SMILES string of the molecule is COc1cc(-c2cnc3cc(OC[C@H]4CCCN4C)ccn23)cc2c1C(=O)N(CC(F)(F)F)CC2. The van der Waals surface area contributed by atoms with E-state index in [1.807, 2.05) is 28.8 Å². The van der Waals surface area contributed by atoms with Crippen molar-refractivity contribution in [1.82, 2.24) is 19.2 Å². The molecule has 0 radical (unpaired) electrons. The maximum Gasteiger partial charge on any atom is 0.406 e. The van der Waals surface area contributed by atoms with Crippen molar-refractivity contribution < 1.29 is 27.4 Å². The van der Waals surface area contributed by atoms with E-state index in [2.05, 4.69) is 16.9 Å². The van der Waals surface area contributed by atoms with Gasteiger partial charge in [-0.3, -0.25) is 9.20 Å². The lowest BCUT2D eigenvalue weighted by Gasteiger charge is -2.30. The molecule has 5 rings (SSSR count). The van der Waals surface area contributed by atoms with Crippen LogP contribution in [0.15, 0.2) is 36.7 Å². The van der Waals surface area contributed by atoms with Crippen LogP contribution in [0.4, 0.5) is 13.2 Å². The molecule has 1 fully saturated rings. The van der Waals surface area contributed by atoms with Crippen LogP contribution >= 0.6 is 0 Å². The molecule has 186 valence electrons. The number of likely N-dealkylation sites (tertiary alicyclic amines) is 1. The zero-order chi connectivity index (χ0) is 24.7. The Morgan fingerprint density at radius 1 is 1.20 bits per heavy atom. The molecule has 0 N–H and O–H groups in total. The number of halogens is 3. The first-order valence-corrected chi connectivity index (χ1v) is 11.6. The molecule has 1 saturated heterocycles. The lowest BCUT2D eigenvalue weighted by atomic mass is 9.94. The van der Waals surface area contributed by atoms with Crippen molar-refractivity contribution in [2.24, 2.45) is 0 Å². The Kier molecular flexibility index (Phi) is 6.08.